The van der Waals surface area contributed by atoms with Crippen LogP contribution in [-0.2, 0) is 9.53 Å². The molecular formula is C9H16N4O2S. The molecule has 0 saturated carbocycles. The normalized spacial score (nSPS) is 12.4. The van der Waals surface area contributed by atoms with Gasteiger partial charge in [0.2, 0.25) is 11.0 Å². The number of nitrogens with two attached hydrogens (primary N) is 1. The van der Waals surface area contributed by atoms with Gasteiger partial charge in [0.05, 0.1) is 6.54 Å². The van der Waals surface area contributed by atoms with E-state index in [2.05, 4.69) is 9.36 Å². The maximum Gasteiger partial charge on any atom is 0.237 e. The molecule has 0 saturated heterocycles. The standard InChI is InChI=1S/C9H16N4O2S/c1-4-13(5-7(10)14)9-11-8(12-16-9)6(2)15-3/h6H,4-5H2,1-3H3,(H2,10,14). The topological polar surface area (TPSA) is 81.3 Å². The van der Waals surface area contributed by atoms with Gasteiger partial charge in [0.1, 0.15) is 6.10 Å². The lowest BCUT2D eigenvalue weighted by Crippen LogP contribution is -2.33. The summed E-state index contributed by atoms with van der Waals surface area (Å²) in [6, 6.07) is 0. The first-order valence-electron chi connectivity index (χ1n) is 4.98. The molecule has 0 aliphatic carbocycles. The van der Waals surface area contributed by atoms with Gasteiger partial charge in [-0.3, -0.25) is 4.79 Å². The predicted octanol–water partition coefficient (Wildman–Crippen LogP) is 0.557. The summed E-state index contributed by atoms with van der Waals surface area (Å²) in [5.74, 6) is 0.254. The molecule has 1 aromatic heterocycles. The highest BCUT2D eigenvalue weighted by atomic mass is 32.1. The molecule has 0 aromatic carbocycles. The third-order valence-electron chi connectivity index (χ3n) is 2.15. The van der Waals surface area contributed by atoms with E-state index in [1.165, 1.54) is 11.5 Å². The van der Waals surface area contributed by atoms with Crippen molar-refractivity contribution in [2.75, 3.05) is 25.1 Å². The van der Waals surface area contributed by atoms with Crippen LogP contribution in [0.2, 0.25) is 0 Å². The van der Waals surface area contributed by atoms with Crippen molar-refractivity contribution < 1.29 is 9.53 Å². The summed E-state index contributed by atoms with van der Waals surface area (Å²) < 4.78 is 9.29. The SMILES string of the molecule is CCN(CC(N)=O)c1nc(C(C)OC)ns1. The van der Waals surface area contributed by atoms with Gasteiger partial charge in [0, 0.05) is 25.2 Å². The average molecular weight is 244 g/mol. The summed E-state index contributed by atoms with van der Waals surface area (Å²) in [7, 11) is 1.60. The second-order valence-corrected chi connectivity index (χ2v) is 4.02. The number of carbonyl (C=O) groups is 1. The molecule has 1 aromatic rings. The maximum absolute atomic E-state index is 10.9. The first-order valence-corrected chi connectivity index (χ1v) is 5.75. The summed E-state index contributed by atoms with van der Waals surface area (Å²) in [5.41, 5.74) is 5.15. The highest BCUT2D eigenvalue weighted by molar-refractivity contribution is 7.09. The summed E-state index contributed by atoms with van der Waals surface area (Å²) >= 11 is 1.24. The zero-order valence-electron chi connectivity index (χ0n) is 9.64. The van der Waals surface area contributed by atoms with E-state index in [1.54, 1.807) is 12.0 Å². The maximum atomic E-state index is 10.9. The van der Waals surface area contributed by atoms with Crippen LogP contribution >= 0.6 is 11.5 Å². The van der Waals surface area contributed by atoms with Crippen molar-refractivity contribution in [1.82, 2.24) is 9.36 Å². The molecule has 1 atom stereocenters. The molecule has 90 valence electrons. The van der Waals surface area contributed by atoms with Gasteiger partial charge in [-0.15, -0.1) is 0 Å². The van der Waals surface area contributed by atoms with Gasteiger partial charge in [-0.05, 0) is 13.8 Å². The lowest BCUT2D eigenvalue weighted by molar-refractivity contribution is -0.116. The number of aromatic nitrogens is 2. The number of hydrogen-bond donors (Lipinski definition) is 1. The van der Waals surface area contributed by atoms with Crippen LogP contribution in [0.1, 0.15) is 25.8 Å². The summed E-state index contributed by atoms with van der Waals surface area (Å²) in [4.78, 5) is 16.9. The zero-order chi connectivity index (χ0) is 12.1. The molecular weight excluding hydrogens is 228 g/mol. The van der Waals surface area contributed by atoms with Gasteiger partial charge in [-0.1, -0.05) is 0 Å². The zero-order valence-corrected chi connectivity index (χ0v) is 10.5. The minimum absolute atomic E-state index is 0.141. The van der Waals surface area contributed by atoms with Crippen molar-refractivity contribution in [3.63, 3.8) is 0 Å². The molecule has 0 aliphatic rings. The smallest absolute Gasteiger partial charge is 0.237 e. The molecule has 6 nitrogen and oxygen atoms in total. The Morgan fingerprint density at radius 2 is 2.38 bits per heavy atom. The third-order valence-corrected chi connectivity index (χ3v) is 2.94. The molecule has 2 N–H and O–H groups in total. The fourth-order valence-electron chi connectivity index (χ4n) is 1.13. The van der Waals surface area contributed by atoms with Crippen molar-refractivity contribution in [3.05, 3.63) is 5.82 Å². The van der Waals surface area contributed by atoms with Crippen LogP contribution in [0.3, 0.4) is 0 Å². The lowest BCUT2D eigenvalue weighted by atomic mass is 10.4. The van der Waals surface area contributed by atoms with Crippen molar-refractivity contribution >= 4 is 22.6 Å². The quantitative estimate of drug-likeness (QED) is 0.790. The first-order chi connectivity index (χ1) is 7.58. The second kappa shape index (κ2) is 5.76. The van der Waals surface area contributed by atoms with Crippen LogP contribution in [0.25, 0.3) is 0 Å². The molecule has 1 amide bonds. The van der Waals surface area contributed by atoms with Gasteiger partial charge < -0.3 is 15.4 Å². The molecule has 0 radical (unpaired) electrons. The van der Waals surface area contributed by atoms with E-state index < -0.39 is 0 Å². The van der Waals surface area contributed by atoms with E-state index in [-0.39, 0.29) is 18.6 Å². The highest BCUT2D eigenvalue weighted by Crippen LogP contribution is 2.21. The molecule has 1 unspecified atom stereocenters. The number of ether oxygens (including phenoxy) is 1. The number of anilines is 1. The Morgan fingerprint density at radius 3 is 2.88 bits per heavy atom. The van der Waals surface area contributed by atoms with Crippen LogP contribution in [0.4, 0.5) is 5.13 Å². The van der Waals surface area contributed by atoms with Crippen molar-refractivity contribution in [2.45, 2.75) is 20.0 Å². The van der Waals surface area contributed by atoms with Gasteiger partial charge in [0.25, 0.3) is 0 Å². The summed E-state index contributed by atoms with van der Waals surface area (Å²) in [6.07, 6.45) is -0.141. The molecule has 16 heavy (non-hydrogen) atoms. The van der Waals surface area contributed by atoms with E-state index in [0.29, 0.717) is 17.5 Å². The predicted molar refractivity (Wildman–Crippen MR) is 62.4 cm³/mol. The van der Waals surface area contributed by atoms with E-state index in [1.807, 2.05) is 13.8 Å². The number of primary amides is 1. The monoisotopic (exact) mass is 244 g/mol. The lowest BCUT2D eigenvalue weighted by Gasteiger charge is -2.16. The summed E-state index contributed by atoms with van der Waals surface area (Å²) in [6.45, 7) is 4.63. The van der Waals surface area contributed by atoms with E-state index in [9.17, 15) is 4.79 Å². The van der Waals surface area contributed by atoms with Gasteiger partial charge in [-0.2, -0.15) is 4.37 Å². The highest BCUT2D eigenvalue weighted by Gasteiger charge is 2.16. The number of rotatable bonds is 6. The van der Waals surface area contributed by atoms with E-state index in [0.717, 1.165) is 0 Å². The Morgan fingerprint density at radius 1 is 1.69 bits per heavy atom. The van der Waals surface area contributed by atoms with E-state index in [4.69, 9.17) is 10.5 Å². The number of carbonyl (C=O) groups excluding carboxylic acids is 1. The Hall–Kier alpha value is -1.21. The average Bonchev–Trinajstić information content (AvgIpc) is 2.73. The van der Waals surface area contributed by atoms with Gasteiger partial charge >= 0.3 is 0 Å². The number of methoxy groups -OCH3 is 1. The summed E-state index contributed by atoms with van der Waals surface area (Å²) in [5, 5.41) is 0.695. The molecule has 1 heterocycles. The van der Waals surface area contributed by atoms with Crippen molar-refractivity contribution in [1.29, 1.82) is 0 Å². The van der Waals surface area contributed by atoms with Gasteiger partial charge in [0.15, 0.2) is 5.82 Å². The number of likely N-dealkylation sites (N-methyl/N-ethyl adjacent to an activating group) is 1. The number of nitrogens with zero attached hydrogens (tertiary/aromatic N) is 3. The first kappa shape index (κ1) is 12.9. The molecule has 0 spiro atoms. The molecule has 1 rings (SSSR count). The molecule has 7 heteroatoms. The fourth-order valence-corrected chi connectivity index (χ4v) is 1.94. The van der Waals surface area contributed by atoms with Crippen molar-refractivity contribution in [2.24, 2.45) is 5.73 Å². The van der Waals surface area contributed by atoms with E-state index >= 15 is 0 Å². The minimum Gasteiger partial charge on any atom is -0.374 e. The number of hydrogen-bond acceptors (Lipinski definition) is 6. The van der Waals surface area contributed by atoms with Crippen molar-refractivity contribution in [3.8, 4) is 0 Å². The number of amides is 1. The van der Waals surface area contributed by atoms with Crippen LogP contribution in [0, 0.1) is 0 Å². The largest absolute Gasteiger partial charge is 0.374 e. The Balaban J connectivity index is 2.78. The second-order valence-electron chi connectivity index (χ2n) is 3.29. The molecule has 0 bridgehead atoms. The molecule has 0 aliphatic heterocycles. The minimum atomic E-state index is -0.376. The molecule has 0 fully saturated rings. The fraction of sp³-hybridized carbons (Fsp3) is 0.667. The Labute approximate surface area is 98.6 Å². The van der Waals surface area contributed by atoms with Crippen LogP contribution in [-0.4, -0.2) is 35.5 Å². The van der Waals surface area contributed by atoms with Gasteiger partial charge in [-0.25, -0.2) is 4.98 Å². The van der Waals surface area contributed by atoms with Crippen LogP contribution in [0.5, 0.6) is 0 Å². The van der Waals surface area contributed by atoms with Crippen LogP contribution < -0.4 is 10.6 Å². The Bertz CT molecular complexity index is 355. The Kier molecular flexibility index (Phi) is 4.63. The third kappa shape index (κ3) is 3.14. The van der Waals surface area contributed by atoms with Crippen LogP contribution in [0.15, 0.2) is 0 Å².